The Balaban J connectivity index is 1.40. The number of benzene rings is 2. The number of hydrogen-bond donors (Lipinski definition) is 1. The normalized spacial score (nSPS) is 26.1. The highest BCUT2D eigenvalue weighted by molar-refractivity contribution is 6.42. The van der Waals surface area contributed by atoms with Crippen molar-refractivity contribution in [1.29, 1.82) is 5.26 Å². The molecule has 3 aromatic rings. The lowest BCUT2D eigenvalue weighted by atomic mass is 9.50. The molecule has 0 unspecified atom stereocenters. The molecule has 1 aromatic heterocycles. The maximum Gasteiger partial charge on any atom is 0.0991 e. The number of hydrogen-bond acceptors (Lipinski definition) is 3. The van der Waals surface area contributed by atoms with E-state index in [1.54, 1.807) is 0 Å². The van der Waals surface area contributed by atoms with Crippen LogP contribution in [0.1, 0.15) is 60.9 Å². The fraction of sp³-hybridized carbons (Fsp3) is 0.407. The fourth-order valence-corrected chi connectivity index (χ4v) is 6.85. The molecule has 0 atom stereocenters. The van der Waals surface area contributed by atoms with Gasteiger partial charge in [0, 0.05) is 24.2 Å². The van der Waals surface area contributed by atoms with Crippen LogP contribution in [0, 0.1) is 11.3 Å². The summed E-state index contributed by atoms with van der Waals surface area (Å²) < 4.78 is 2.22. The van der Waals surface area contributed by atoms with Gasteiger partial charge >= 0.3 is 0 Å². The first-order chi connectivity index (χ1) is 16.0. The van der Waals surface area contributed by atoms with Gasteiger partial charge < -0.3 is 5.32 Å². The molecule has 0 radical (unpaired) electrons. The number of rotatable bonds is 3. The summed E-state index contributed by atoms with van der Waals surface area (Å²) in [5.74, 6) is 0. The molecule has 0 spiro atoms. The summed E-state index contributed by atoms with van der Waals surface area (Å²) in [4.78, 5) is 0. The van der Waals surface area contributed by atoms with Gasteiger partial charge in [-0.05, 0) is 79.2 Å². The number of nitrogens with zero attached hydrogens (tertiary/aromatic N) is 3. The first kappa shape index (κ1) is 21.2. The average molecular weight is 477 g/mol. The summed E-state index contributed by atoms with van der Waals surface area (Å²) in [5, 5.41) is 19.0. The van der Waals surface area contributed by atoms with E-state index in [-0.39, 0.29) is 10.8 Å². The minimum absolute atomic E-state index is 0.155. The molecule has 33 heavy (non-hydrogen) atoms. The Morgan fingerprint density at radius 1 is 0.909 bits per heavy atom. The Morgan fingerprint density at radius 2 is 1.61 bits per heavy atom. The van der Waals surface area contributed by atoms with Crippen molar-refractivity contribution in [3.05, 3.63) is 74.9 Å². The predicted molar refractivity (Wildman–Crippen MR) is 132 cm³/mol. The van der Waals surface area contributed by atoms with Gasteiger partial charge in [-0.1, -0.05) is 41.4 Å². The maximum atomic E-state index is 9.18. The van der Waals surface area contributed by atoms with Crippen LogP contribution in [0.25, 0.3) is 11.3 Å². The summed E-state index contributed by atoms with van der Waals surface area (Å²) in [7, 11) is 0. The van der Waals surface area contributed by atoms with E-state index in [0.717, 1.165) is 36.5 Å². The van der Waals surface area contributed by atoms with Crippen LogP contribution in [0.3, 0.4) is 0 Å². The van der Waals surface area contributed by atoms with Crippen molar-refractivity contribution >= 4 is 23.2 Å². The third-order valence-corrected chi connectivity index (χ3v) is 9.19. The second-order valence-corrected chi connectivity index (χ2v) is 10.8. The molecule has 168 valence electrons. The van der Waals surface area contributed by atoms with Gasteiger partial charge in [0.15, 0.2) is 0 Å². The number of aromatic nitrogens is 2. The van der Waals surface area contributed by atoms with Crippen LogP contribution >= 0.6 is 23.2 Å². The van der Waals surface area contributed by atoms with E-state index in [1.165, 1.54) is 55.3 Å². The molecular formula is C27H26Cl2N4. The largest absolute Gasteiger partial charge is 0.309 e. The topological polar surface area (TPSA) is 53.6 Å². The SMILES string of the molecule is N#Cc1ccc(C23CCC(c4c(-c5ccc(Cl)c(Cl)c5)nn5c4CNCC5)(CC2)CC3)cc1. The lowest BCUT2D eigenvalue weighted by Gasteiger charge is -2.54. The zero-order valence-corrected chi connectivity index (χ0v) is 20.0. The van der Waals surface area contributed by atoms with E-state index in [4.69, 9.17) is 28.3 Å². The molecule has 2 aromatic carbocycles. The monoisotopic (exact) mass is 476 g/mol. The molecular weight excluding hydrogens is 451 g/mol. The summed E-state index contributed by atoms with van der Waals surface area (Å²) in [5.41, 5.74) is 7.45. The van der Waals surface area contributed by atoms with Crippen molar-refractivity contribution in [1.82, 2.24) is 15.1 Å². The molecule has 2 bridgehead atoms. The molecule has 3 saturated carbocycles. The Hall–Kier alpha value is -2.32. The fourth-order valence-electron chi connectivity index (χ4n) is 6.55. The minimum Gasteiger partial charge on any atom is -0.309 e. The number of fused-ring (bicyclic) bond motifs is 4. The first-order valence-corrected chi connectivity index (χ1v) is 12.6. The van der Waals surface area contributed by atoms with Crippen LogP contribution < -0.4 is 5.32 Å². The van der Waals surface area contributed by atoms with Crippen molar-refractivity contribution < 1.29 is 0 Å². The van der Waals surface area contributed by atoms with Gasteiger partial charge in [0.2, 0.25) is 0 Å². The van der Waals surface area contributed by atoms with E-state index in [0.29, 0.717) is 10.0 Å². The second kappa shape index (κ2) is 7.87. The van der Waals surface area contributed by atoms with E-state index in [2.05, 4.69) is 34.3 Å². The Labute approximate surface area is 204 Å². The molecule has 4 nitrogen and oxygen atoms in total. The molecule has 0 amide bonds. The van der Waals surface area contributed by atoms with Crippen molar-refractivity contribution in [2.45, 2.75) is 62.4 Å². The van der Waals surface area contributed by atoms with E-state index in [1.807, 2.05) is 24.3 Å². The summed E-state index contributed by atoms with van der Waals surface area (Å²) >= 11 is 12.6. The van der Waals surface area contributed by atoms with Crippen LogP contribution in [0.5, 0.6) is 0 Å². The van der Waals surface area contributed by atoms with Crippen molar-refractivity contribution in [2.24, 2.45) is 0 Å². The first-order valence-electron chi connectivity index (χ1n) is 11.8. The quantitative estimate of drug-likeness (QED) is 0.477. The van der Waals surface area contributed by atoms with Gasteiger partial charge in [0.1, 0.15) is 0 Å². The van der Waals surface area contributed by atoms with Crippen LogP contribution in [0.2, 0.25) is 10.0 Å². The van der Waals surface area contributed by atoms with Crippen LogP contribution in [-0.2, 0) is 23.9 Å². The number of nitriles is 1. The third kappa shape index (κ3) is 3.33. The maximum absolute atomic E-state index is 9.18. The molecule has 1 aliphatic heterocycles. The lowest BCUT2D eigenvalue weighted by Crippen LogP contribution is -2.47. The summed E-state index contributed by atoms with van der Waals surface area (Å²) in [6.07, 6.45) is 7.04. The number of halogens is 2. The lowest BCUT2D eigenvalue weighted by molar-refractivity contribution is 0.101. The predicted octanol–water partition coefficient (Wildman–Crippen LogP) is 6.38. The van der Waals surface area contributed by atoms with Crippen molar-refractivity contribution in [3.63, 3.8) is 0 Å². The molecule has 7 rings (SSSR count). The van der Waals surface area contributed by atoms with Gasteiger partial charge in [-0.2, -0.15) is 10.4 Å². The summed E-state index contributed by atoms with van der Waals surface area (Å²) in [6.45, 7) is 2.71. The van der Waals surface area contributed by atoms with Crippen molar-refractivity contribution in [3.8, 4) is 17.3 Å². The highest BCUT2D eigenvalue weighted by Crippen LogP contribution is 2.60. The smallest absolute Gasteiger partial charge is 0.0991 e. The molecule has 0 saturated heterocycles. The van der Waals surface area contributed by atoms with Crippen LogP contribution in [0.4, 0.5) is 0 Å². The van der Waals surface area contributed by atoms with Gasteiger partial charge in [0.25, 0.3) is 0 Å². The summed E-state index contributed by atoms with van der Waals surface area (Å²) in [6, 6.07) is 16.5. The molecule has 2 heterocycles. The standard InChI is InChI=1S/C27H26Cl2N4/c28-21-6-3-19(15-22(21)29)25-24(23-17-31-13-14-33(23)32-25)27-10-7-26(8-11-27,9-12-27)20-4-1-18(16-30)2-5-20/h1-6,15,31H,7-14,17H2. The van der Waals surface area contributed by atoms with E-state index < -0.39 is 0 Å². The Kier molecular flexibility index (Phi) is 5.07. The highest BCUT2D eigenvalue weighted by atomic mass is 35.5. The van der Waals surface area contributed by atoms with Crippen LogP contribution in [0.15, 0.2) is 42.5 Å². The van der Waals surface area contributed by atoms with Gasteiger partial charge in [-0.25, -0.2) is 0 Å². The van der Waals surface area contributed by atoms with Crippen LogP contribution in [-0.4, -0.2) is 16.3 Å². The van der Waals surface area contributed by atoms with Gasteiger partial charge in [0.05, 0.1) is 39.6 Å². The Bertz CT molecular complexity index is 1240. The van der Waals surface area contributed by atoms with E-state index >= 15 is 0 Å². The zero-order chi connectivity index (χ0) is 22.6. The molecule has 1 N–H and O–H groups in total. The third-order valence-electron chi connectivity index (χ3n) is 8.45. The second-order valence-electron chi connectivity index (χ2n) is 9.95. The van der Waals surface area contributed by atoms with Gasteiger partial charge in [-0.15, -0.1) is 0 Å². The van der Waals surface area contributed by atoms with Gasteiger partial charge in [-0.3, -0.25) is 4.68 Å². The minimum atomic E-state index is 0.155. The average Bonchev–Trinajstić information content (AvgIpc) is 3.27. The van der Waals surface area contributed by atoms with E-state index in [9.17, 15) is 5.26 Å². The number of nitrogens with one attached hydrogen (secondary N) is 1. The Morgan fingerprint density at radius 3 is 2.27 bits per heavy atom. The highest BCUT2D eigenvalue weighted by Gasteiger charge is 2.52. The molecule has 3 aliphatic carbocycles. The van der Waals surface area contributed by atoms with Crippen molar-refractivity contribution in [2.75, 3.05) is 6.54 Å². The molecule has 6 heteroatoms. The molecule has 3 fully saturated rings. The zero-order valence-electron chi connectivity index (χ0n) is 18.5. The molecule has 4 aliphatic rings.